The molecule has 1 saturated carbocycles. The molecule has 5 rings (SSSR count). The minimum Gasteiger partial charge on any atom is -0.382 e. The zero-order valence-electron chi connectivity index (χ0n) is 20.3. The van der Waals surface area contributed by atoms with Gasteiger partial charge in [-0.15, -0.1) is 0 Å². The second kappa shape index (κ2) is 9.01. The SMILES string of the molecule is C=C(/C=C\C1=C(C)N(C(=C)Nc2cc(C3=CN=C(C)C3)ccn2)C2CCN1C2)C(=C)NC1CC1. The molecule has 1 atom stereocenters. The Hall–Kier alpha value is -3.54. The van der Waals surface area contributed by atoms with Crippen molar-refractivity contribution in [2.45, 2.75) is 51.6 Å². The van der Waals surface area contributed by atoms with Crippen LogP contribution in [0.4, 0.5) is 5.82 Å². The van der Waals surface area contributed by atoms with Crippen LogP contribution in [0.1, 0.15) is 45.1 Å². The van der Waals surface area contributed by atoms with Crippen molar-refractivity contribution < 1.29 is 0 Å². The third kappa shape index (κ3) is 4.58. The van der Waals surface area contributed by atoms with Crippen LogP contribution in [0.5, 0.6) is 0 Å². The lowest BCUT2D eigenvalue weighted by Gasteiger charge is -2.39. The Morgan fingerprint density at radius 2 is 2.00 bits per heavy atom. The van der Waals surface area contributed by atoms with Crippen LogP contribution in [0.2, 0.25) is 0 Å². The molecule has 0 radical (unpaired) electrons. The zero-order valence-corrected chi connectivity index (χ0v) is 20.3. The predicted octanol–water partition coefficient (Wildman–Crippen LogP) is 5.17. The van der Waals surface area contributed by atoms with Gasteiger partial charge in [-0.2, -0.15) is 0 Å². The van der Waals surface area contributed by atoms with Crippen molar-refractivity contribution in [1.29, 1.82) is 0 Å². The number of fused-ring (bicyclic) bond motifs is 2. The van der Waals surface area contributed by atoms with Gasteiger partial charge in [0.15, 0.2) is 0 Å². The summed E-state index contributed by atoms with van der Waals surface area (Å²) in [7, 11) is 0. The summed E-state index contributed by atoms with van der Waals surface area (Å²) in [4.78, 5) is 13.8. The fraction of sp³-hybridized carbons (Fsp3) is 0.357. The number of aliphatic imine (C=N–C) groups is 1. The van der Waals surface area contributed by atoms with Crippen LogP contribution < -0.4 is 10.6 Å². The number of nitrogens with one attached hydrogen (secondary N) is 2. The Labute approximate surface area is 202 Å². The average Bonchev–Trinajstić information content (AvgIpc) is 3.35. The predicted molar refractivity (Wildman–Crippen MR) is 141 cm³/mol. The maximum Gasteiger partial charge on any atom is 0.131 e. The summed E-state index contributed by atoms with van der Waals surface area (Å²) in [5.74, 6) is 1.65. The smallest absolute Gasteiger partial charge is 0.131 e. The highest BCUT2D eigenvalue weighted by Crippen LogP contribution is 2.35. The topological polar surface area (TPSA) is 55.8 Å². The lowest BCUT2D eigenvalue weighted by Crippen LogP contribution is -2.42. The Balaban J connectivity index is 1.31. The van der Waals surface area contributed by atoms with Gasteiger partial charge in [-0.1, -0.05) is 25.8 Å². The fourth-order valence-corrected chi connectivity index (χ4v) is 4.93. The third-order valence-corrected chi connectivity index (χ3v) is 6.97. The van der Waals surface area contributed by atoms with E-state index in [-0.39, 0.29) is 0 Å². The molecule has 2 bridgehead atoms. The number of hydrogen-bond donors (Lipinski definition) is 2. The molecule has 6 nitrogen and oxygen atoms in total. The monoisotopic (exact) mass is 454 g/mol. The number of pyridine rings is 1. The number of hydrogen-bond acceptors (Lipinski definition) is 6. The molecule has 0 amide bonds. The number of allylic oxidation sites excluding steroid dienone is 4. The van der Waals surface area contributed by atoms with E-state index in [0.29, 0.717) is 12.1 Å². The maximum atomic E-state index is 4.55. The molecule has 0 spiro atoms. The van der Waals surface area contributed by atoms with E-state index in [2.05, 4.69) is 82.2 Å². The van der Waals surface area contributed by atoms with E-state index in [1.165, 1.54) is 29.8 Å². The molecule has 4 aliphatic rings. The number of nitrogens with zero attached hydrogens (tertiary/aromatic N) is 4. The molecular formula is C28H34N6. The first-order valence-electron chi connectivity index (χ1n) is 12.1. The second-order valence-corrected chi connectivity index (χ2v) is 9.68. The minimum atomic E-state index is 0.406. The van der Waals surface area contributed by atoms with E-state index in [4.69, 9.17) is 0 Å². The van der Waals surface area contributed by atoms with Gasteiger partial charge in [0.2, 0.25) is 0 Å². The molecule has 1 saturated heterocycles. The van der Waals surface area contributed by atoms with Gasteiger partial charge in [0.05, 0.1) is 11.7 Å². The third-order valence-electron chi connectivity index (χ3n) is 6.97. The fourth-order valence-electron chi connectivity index (χ4n) is 4.93. The summed E-state index contributed by atoms with van der Waals surface area (Å²) in [6.07, 6.45) is 12.5. The molecule has 1 aromatic rings. The summed E-state index contributed by atoms with van der Waals surface area (Å²) >= 11 is 0. The van der Waals surface area contributed by atoms with Gasteiger partial charge in [-0.25, -0.2) is 4.98 Å². The summed E-state index contributed by atoms with van der Waals surface area (Å²) in [6, 6.07) is 5.10. The van der Waals surface area contributed by atoms with Gasteiger partial charge in [-0.05, 0) is 68.0 Å². The summed E-state index contributed by atoms with van der Waals surface area (Å²) in [5, 5.41) is 6.91. The van der Waals surface area contributed by atoms with Crippen molar-refractivity contribution in [3.05, 3.63) is 90.5 Å². The number of aromatic nitrogens is 1. The molecule has 3 aliphatic heterocycles. The standard InChI is InChI=1S/C28H34N6/c1-18(20(3)31-25-7-8-25)6-9-27-21(4)34(26-11-13-33(27)17-26)22(5)32-28-15-23(10-12-29-28)24-14-19(2)30-16-24/h6,9-10,12,15-16,25-26,31H,1,3,5,7-8,11,13-14,17H2,2,4H3,(H,29,32)/b9-6-. The van der Waals surface area contributed by atoms with Crippen molar-refractivity contribution in [3.63, 3.8) is 0 Å². The molecule has 2 N–H and O–H groups in total. The summed E-state index contributed by atoms with van der Waals surface area (Å²) in [6.45, 7) is 19.0. The van der Waals surface area contributed by atoms with E-state index < -0.39 is 0 Å². The van der Waals surface area contributed by atoms with Gasteiger partial charge in [-0.3, -0.25) is 4.99 Å². The molecule has 1 aromatic heterocycles. The highest BCUT2D eigenvalue weighted by molar-refractivity contribution is 5.96. The van der Waals surface area contributed by atoms with Gasteiger partial charge in [0.25, 0.3) is 0 Å². The quantitative estimate of drug-likeness (QED) is 0.504. The Morgan fingerprint density at radius 3 is 2.74 bits per heavy atom. The summed E-state index contributed by atoms with van der Waals surface area (Å²) < 4.78 is 0. The molecule has 4 heterocycles. The highest BCUT2D eigenvalue weighted by atomic mass is 15.4. The van der Waals surface area contributed by atoms with E-state index in [0.717, 1.165) is 60.1 Å². The van der Waals surface area contributed by atoms with E-state index in [1.54, 1.807) is 0 Å². The Kier molecular flexibility index (Phi) is 5.90. The summed E-state index contributed by atoms with van der Waals surface area (Å²) in [5.41, 5.74) is 7.75. The molecule has 1 unspecified atom stereocenters. The Bertz CT molecular complexity index is 1160. The van der Waals surface area contributed by atoms with Crippen molar-refractivity contribution >= 4 is 17.1 Å². The maximum absolute atomic E-state index is 4.55. The van der Waals surface area contributed by atoms with Crippen LogP contribution in [-0.2, 0) is 0 Å². The van der Waals surface area contributed by atoms with Crippen molar-refractivity contribution in [2.24, 2.45) is 4.99 Å². The van der Waals surface area contributed by atoms with Gasteiger partial charge >= 0.3 is 0 Å². The molecule has 34 heavy (non-hydrogen) atoms. The number of rotatable bonds is 9. The van der Waals surface area contributed by atoms with Gasteiger partial charge in [0.1, 0.15) is 11.6 Å². The lowest BCUT2D eigenvalue weighted by atomic mass is 10.0. The van der Waals surface area contributed by atoms with Crippen LogP contribution in [0.15, 0.2) is 89.9 Å². The first kappa shape index (κ1) is 22.3. The van der Waals surface area contributed by atoms with E-state index >= 15 is 0 Å². The first-order valence-corrected chi connectivity index (χ1v) is 12.1. The molecule has 0 aromatic carbocycles. The van der Waals surface area contributed by atoms with Crippen LogP contribution >= 0.6 is 0 Å². The molecule has 1 aliphatic carbocycles. The van der Waals surface area contributed by atoms with Gasteiger partial charge in [0, 0.05) is 55.1 Å². The van der Waals surface area contributed by atoms with E-state index in [1.807, 2.05) is 18.5 Å². The highest BCUT2D eigenvalue weighted by Gasteiger charge is 2.36. The van der Waals surface area contributed by atoms with Crippen molar-refractivity contribution in [3.8, 4) is 0 Å². The van der Waals surface area contributed by atoms with Gasteiger partial charge < -0.3 is 20.4 Å². The Morgan fingerprint density at radius 1 is 1.18 bits per heavy atom. The largest absolute Gasteiger partial charge is 0.382 e. The van der Waals surface area contributed by atoms with Crippen LogP contribution in [0.25, 0.3) is 5.57 Å². The van der Waals surface area contributed by atoms with Crippen LogP contribution in [0.3, 0.4) is 0 Å². The molecule has 6 heteroatoms. The lowest BCUT2D eigenvalue weighted by molar-refractivity contribution is 0.269. The van der Waals surface area contributed by atoms with Crippen molar-refractivity contribution in [2.75, 3.05) is 18.4 Å². The average molecular weight is 455 g/mol. The minimum absolute atomic E-state index is 0.406. The first-order chi connectivity index (χ1) is 16.4. The normalized spacial score (nSPS) is 21.6. The number of anilines is 1. The molecule has 176 valence electrons. The van der Waals surface area contributed by atoms with Crippen LogP contribution in [0, 0.1) is 0 Å². The van der Waals surface area contributed by atoms with Crippen molar-refractivity contribution in [1.82, 2.24) is 20.1 Å². The zero-order chi connectivity index (χ0) is 23.8. The molecular weight excluding hydrogens is 420 g/mol. The second-order valence-electron chi connectivity index (χ2n) is 9.68. The molecule has 2 fully saturated rings. The van der Waals surface area contributed by atoms with E-state index in [9.17, 15) is 0 Å². The van der Waals surface area contributed by atoms with Crippen LogP contribution in [-0.4, -0.2) is 45.7 Å².